The highest BCUT2D eigenvalue weighted by molar-refractivity contribution is 5.88. The molecule has 152 valence electrons. The monoisotopic (exact) mass is 392 g/mol. The zero-order chi connectivity index (χ0) is 20.4. The molecule has 1 heterocycles. The van der Waals surface area contributed by atoms with Crippen LogP contribution in [-0.4, -0.2) is 22.2 Å². The van der Waals surface area contributed by atoms with Crippen LogP contribution in [0.15, 0.2) is 42.6 Å². The first kappa shape index (κ1) is 19.4. The van der Waals surface area contributed by atoms with Gasteiger partial charge in [0.2, 0.25) is 0 Å². The molecule has 0 saturated heterocycles. The number of aromatic amines is 1. The van der Waals surface area contributed by atoms with Gasteiger partial charge in [0.1, 0.15) is 5.75 Å². The third-order valence-corrected chi connectivity index (χ3v) is 5.84. The van der Waals surface area contributed by atoms with Crippen LogP contribution in [-0.2, 0) is 11.2 Å². The minimum atomic E-state index is -0.804. The van der Waals surface area contributed by atoms with Crippen LogP contribution in [0, 0.1) is 5.92 Å². The fourth-order valence-corrected chi connectivity index (χ4v) is 4.19. The molecule has 0 radical (unpaired) electrons. The number of H-pyrrole nitrogens is 1. The van der Waals surface area contributed by atoms with Crippen molar-refractivity contribution in [2.24, 2.45) is 5.92 Å². The van der Waals surface area contributed by atoms with E-state index in [9.17, 15) is 9.90 Å². The molecular formula is C24H28N2O3. The second kappa shape index (κ2) is 8.19. The van der Waals surface area contributed by atoms with Crippen molar-refractivity contribution in [3.63, 3.8) is 0 Å². The number of benzene rings is 2. The summed E-state index contributed by atoms with van der Waals surface area (Å²) < 4.78 is 6.42. The van der Waals surface area contributed by atoms with Gasteiger partial charge >= 0.3 is 5.97 Å². The number of rotatable bonds is 6. The van der Waals surface area contributed by atoms with Gasteiger partial charge in [-0.25, -0.2) is 0 Å². The first-order chi connectivity index (χ1) is 14.0. The van der Waals surface area contributed by atoms with Crippen molar-refractivity contribution < 1.29 is 14.6 Å². The highest BCUT2D eigenvalue weighted by Crippen LogP contribution is 2.40. The lowest BCUT2D eigenvalue weighted by Gasteiger charge is -2.26. The molecule has 5 heteroatoms. The van der Waals surface area contributed by atoms with Crippen molar-refractivity contribution in [2.45, 2.75) is 51.6 Å². The Labute approximate surface area is 170 Å². The number of aliphatic carboxylic acids is 1. The zero-order valence-corrected chi connectivity index (χ0v) is 16.8. The number of aromatic nitrogens is 1. The summed E-state index contributed by atoms with van der Waals surface area (Å²) in [5, 5.41) is 10.4. The van der Waals surface area contributed by atoms with Crippen molar-refractivity contribution in [3.05, 3.63) is 48.2 Å². The number of anilines is 1. The molecule has 5 nitrogen and oxygen atoms in total. The molecule has 1 fully saturated rings. The molecule has 1 aromatic heterocycles. The highest BCUT2D eigenvalue weighted by Gasteiger charge is 2.21. The summed E-state index contributed by atoms with van der Waals surface area (Å²) in [6, 6.07) is 12.2. The maximum absolute atomic E-state index is 11.3. The molecule has 1 saturated carbocycles. The first-order valence-electron chi connectivity index (χ1n) is 10.4. The molecule has 2 aromatic carbocycles. The Hall–Kier alpha value is -2.95. The van der Waals surface area contributed by atoms with Crippen molar-refractivity contribution >= 4 is 22.6 Å². The summed E-state index contributed by atoms with van der Waals surface area (Å²) in [7, 11) is 0. The number of hydrogen-bond acceptors (Lipinski definition) is 3. The quantitative estimate of drug-likeness (QED) is 0.491. The molecule has 1 unspecified atom stereocenters. The fraction of sp³-hybridized carbons (Fsp3) is 0.375. The number of carboxylic acids is 1. The molecule has 0 bridgehead atoms. The normalized spacial score (nSPS) is 16.0. The van der Waals surface area contributed by atoms with Crippen LogP contribution in [0.5, 0.6) is 5.75 Å². The Balaban J connectivity index is 1.76. The molecule has 1 aliphatic rings. The molecule has 4 rings (SSSR count). The van der Waals surface area contributed by atoms with Gasteiger partial charge in [-0.2, -0.15) is 0 Å². The second-order valence-corrected chi connectivity index (χ2v) is 8.16. The van der Waals surface area contributed by atoms with Crippen LogP contribution in [0.4, 0.5) is 5.69 Å². The van der Waals surface area contributed by atoms with Gasteiger partial charge in [0, 0.05) is 17.3 Å². The number of carboxylic acid groups (broad SMARTS) is 1. The summed E-state index contributed by atoms with van der Waals surface area (Å²) in [6.07, 6.45) is 8.27. The first-order valence-corrected chi connectivity index (χ1v) is 10.4. The Morgan fingerprint density at radius 1 is 1.21 bits per heavy atom. The maximum Gasteiger partial charge on any atom is 0.306 e. The number of carbonyl (C=O) groups is 1. The SMILES string of the molecule is CC(Cc1cc(N)c(OC2CCCCC2)c(-c2ccc3[nH]ccc3c2)c1)C(=O)O. The number of ether oxygens (including phenoxy) is 1. The molecule has 0 aliphatic heterocycles. The molecule has 0 spiro atoms. The van der Waals surface area contributed by atoms with Crippen LogP contribution in [0.25, 0.3) is 22.0 Å². The minimum absolute atomic E-state index is 0.185. The minimum Gasteiger partial charge on any atom is -0.488 e. The Kier molecular flexibility index (Phi) is 5.47. The van der Waals surface area contributed by atoms with Gasteiger partial charge in [-0.1, -0.05) is 19.4 Å². The van der Waals surface area contributed by atoms with Crippen LogP contribution >= 0.6 is 0 Å². The van der Waals surface area contributed by atoms with E-state index in [1.807, 2.05) is 24.4 Å². The van der Waals surface area contributed by atoms with E-state index >= 15 is 0 Å². The summed E-state index contributed by atoms with van der Waals surface area (Å²) in [4.78, 5) is 14.5. The zero-order valence-electron chi connectivity index (χ0n) is 16.8. The van der Waals surface area contributed by atoms with Gasteiger partial charge < -0.3 is 20.6 Å². The van der Waals surface area contributed by atoms with Crippen LogP contribution in [0.2, 0.25) is 0 Å². The molecule has 3 aromatic rings. The van der Waals surface area contributed by atoms with Crippen LogP contribution < -0.4 is 10.5 Å². The summed E-state index contributed by atoms with van der Waals surface area (Å²) in [5.74, 6) is -0.556. The molecule has 29 heavy (non-hydrogen) atoms. The van der Waals surface area contributed by atoms with E-state index in [1.165, 1.54) is 19.3 Å². The van der Waals surface area contributed by atoms with E-state index in [1.54, 1.807) is 6.92 Å². The van der Waals surface area contributed by atoms with Gasteiger partial charge in [-0.3, -0.25) is 4.79 Å². The molecule has 1 atom stereocenters. The highest BCUT2D eigenvalue weighted by atomic mass is 16.5. The molecule has 0 amide bonds. The van der Waals surface area contributed by atoms with Gasteiger partial charge in [-0.05, 0) is 78.9 Å². The molecule has 4 N–H and O–H groups in total. The molecular weight excluding hydrogens is 364 g/mol. The second-order valence-electron chi connectivity index (χ2n) is 8.16. The Morgan fingerprint density at radius 3 is 2.76 bits per heavy atom. The van der Waals surface area contributed by atoms with Crippen molar-refractivity contribution in [1.82, 2.24) is 4.98 Å². The van der Waals surface area contributed by atoms with Crippen molar-refractivity contribution in [2.75, 3.05) is 5.73 Å². The smallest absolute Gasteiger partial charge is 0.306 e. The third-order valence-electron chi connectivity index (χ3n) is 5.84. The number of nitrogens with two attached hydrogens (primary N) is 1. The van der Waals surface area contributed by atoms with Gasteiger partial charge in [0.15, 0.2) is 0 Å². The fourth-order valence-electron chi connectivity index (χ4n) is 4.19. The number of nitrogens with one attached hydrogen (secondary N) is 1. The van der Waals surface area contributed by atoms with E-state index < -0.39 is 11.9 Å². The Morgan fingerprint density at radius 2 is 2.00 bits per heavy atom. The average molecular weight is 392 g/mol. The van der Waals surface area contributed by atoms with Gasteiger partial charge in [0.25, 0.3) is 0 Å². The topological polar surface area (TPSA) is 88.3 Å². The van der Waals surface area contributed by atoms with E-state index in [4.69, 9.17) is 10.5 Å². The lowest BCUT2D eigenvalue weighted by atomic mass is 9.94. The lowest BCUT2D eigenvalue weighted by molar-refractivity contribution is -0.141. The van der Waals surface area contributed by atoms with E-state index in [0.717, 1.165) is 46.2 Å². The largest absolute Gasteiger partial charge is 0.488 e. The van der Waals surface area contributed by atoms with E-state index in [2.05, 4.69) is 23.2 Å². The standard InChI is InChI=1S/C24H28N2O3/c1-15(24(27)28)11-16-12-20(17-7-8-22-18(14-17)9-10-26-22)23(21(25)13-16)29-19-5-3-2-4-6-19/h7-10,12-15,19,26H,2-6,11,25H2,1H3,(H,27,28). The molecule has 1 aliphatic carbocycles. The maximum atomic E-state index is 11.3. The van der Waals surface area contributed by atoms with Crippen LogP contribution in [0.1, 0.15) is 44.6 Å². The third kappa shape index (κ3) is 4.24. The summed E-state index contributed by atoms with van der Waals surface area (Å²) in [5.41, 5.74) is 11.0. The van der Waals surface area contributed by atoms with Gasteiger partial charge in [-0.15, -0.1) is 0 Å². The van der Waals surface area contributed by atoms with Crippen molar-refractivity contribution in [1.29, 1.82) is 0 Å². The van der Waals surface area contributed by atoms with E-state index in [-0.39, 0.29) is 6.10 Å². The number of hydrogen-bond donors (Lipinski definition) is 3. The number of fused-ring (bicyclic) bond motifs is 1. The predicted molar refractivity (Wildman–Crippen MR) is 116 cm³/mol. The lowest BCUT2D eigenvalue weighted by Crippen LogP contribution is -2.21. The average Bonchev–Trinajstić information content (AvgIpc) is 3.18. The predicted octanol–water partition coefficient (Wildman–Crippen LogP) is 5.39. The van der Waals surface area contributed by atoms with E-state index in [0.29, 0.717) is 12.1 Å². The number of nitrogen functional groups attached to an aromatic ring is 1. The van der Waals surface area contributed by atoms with Crippen molar-refractivity contribution in [3.8, 4) is 16.9 Å². The van der Waals surface area contributed by atoms with Crippen LogP contribution in [0.3, 0.4) is 0 Å². The summed E-state index contributed by atoms with van der Waals surface area (Å²) in [6.45, 7) is 1.72. The summed E-state index contributed by atoms with van der Waals surface area (Å²) >= 11 is 0. The van der Waals surface area contributed by atoms with Gasteiger partial charge in [0.05, 0.1) is 17.7 Å². The Bertz CT molecular complexity index is 1020.